The average molecular weight is 300 g/mol. The molecule has 0 saturated heterocycles. The second-order valence-electron chi connectivity index (χ2n) is 2.91. The summed E-state index contributed by atoms with van der Waals surface area (Å²) in [5, 5.41) is 11.7. The first-order chi connectivity index (χ1) is 7.58. The lowest BCUT2D eigenvalue weighted by molar-refractivity contribution is -0.116. The monoisotopic (exact) mass is 298 g/mol. The summed E-state index contributed by atoms with van der Waals surface area (Å²) < 4.78 is 0.841. The van der Waals surface area contributed by atoms with Crippen LogP contribution in [0.25, 0.3) is 6.08 Å². The second kappa shape index (κ2) is 5.69. The molecule has 0 radical (unpaired) electrons. The van der Waals surface area contributed by atoms with E-state index in [0.717, 1.165) is 4.47 Å². The van der Waals surface area contributed by atoms with Crippen LogP contribution in [-0.2, 0) is 4.79 Å². The van der Waals surface area contributed by atoms with Crippen LogP contribution in [0.15, 0.2) is 28.2 Å². The Labute approximate surface area is 107 Å². The molecule has 16 heavy (non-hydrogen) atoms. The van der Waals surface area contributed by atoms with Gasteiger partial charge in [-0.1, -0.05) is 33.6 Å². The highest BCUT2D eigenvalue weighted by Gasteiger charge is 2.07. The van der Waals surface area contributed by atoms with Crippen molar-refractivity contribution in [2.45, 2.75) is 0 Å². The van der Waals surface area contributed by atoms with E-state index in [2.05, 4.69) is 21.2 Å². The van der Waals surface area contributed by atoms with Gasteiger partial charge in [-0.15, -0.1) is 0 Å². The molecule has 1 N–H and O–H groups in total. The average Bonchev–Trinajstić information content (AvgIpc) is 2.27. The maximum absolute atomic E-state index is 11.3. The van der Waals surface area contributed by atoms with Crippen molar-refractivity contribution in [1.82, 2.24) is 5.32 Å². The summed E-state index contributed by atoms with van der Waals surface area (Å²) in [6, 6.07) is 7.04. The van der Waals surface area contributed by atoms with Crippen molar-refractivity contribution in [2.24, 2.45) is 0 Å². The molecule has 0 atom stereocenters. The van der Waals surface area contributed by atoms with Gasteiger partial charge in [0.2, 0.25) is 0 Å². The Hall–Kier alpha value is -1.31. The number of amides is 1. The van der Waals surface area contributed by atoms with Crippen molar-refractivity contribution in [3.05, 3.63) is 38.8 Å². The minimum Gasteiger partial charge on any atom is -0.354 e. The van der Waals surface area contributed by atoms with Crippen LogP contribution in [0.1, 0.15) is 5.56 Å². The number of nitriles is 1. The lowest BCUT2D eigenvalue weighted by atomic mass is 10.1. The first-order valence-electron chi connectivity index (χ1n) is 4.37. The molecule has 82 valence electrons. The van der Waals surface area contributed by atoms with Crippen LogP contribution in [0.2, 0.25) is 5.02 Å². The molecule has 0 fully saturated rings. The zero-order chi connectivity index (χ0) is 12.1. The zero-order valence-corrected chi connectivity index (χ0v) is 10.8. The van der Waals surface area contributed by atoms with E-state index in [9.17, 15) is 4.79 Å². The summed E-state index contributed by atoms with van der Waals surface area (Å²) >= 11 is 9.24. The van der Waals surface area contributed by atoms with Crippen molar-refractivity contribution in [2.75, 3.05) is 7.05 Å². The van der Waals surface area contributed by atoms with Crippen molar-refractivity contribution in [3.63, 3.8) is 0 Å². The number of nitrogens with zero attached hydrogens (tertiary/aromatic N) is 1. The topological polar surface area (TPSA) is 52.9 Å². The van der Waals surface area contributed by atoms with Gasteiger partial charge < -0.3 is 5.32 Å². The Morgan fingerprint density at radius 1 is 1.62 bits per heavy atom. The number of nitrogens with one attached hydrogen (secondary N) is 1. The molecule has 0 unspecified atom stereocenters. The van der Waals surface area contributed by atoms with Crippen LogP contribution >= 0.6 is 27.5 Å². The summed E-state index contributed by atoms with van der Waals surface area (Å²) in [6.07, 6.45) is 1.45. The molecule has 0 spiro atoms. The molecule has 3 nitrogen and oxygen atoms in total. The smallest absolute Gasteiger partial charge is 0.261 e. The highest BCUT2D eigenvalue weighted by molar-refractivity contribution is 9.10. The second-order valence-corrected chi connectivity index (χ2v) is 4.24. The van der Waals surface area contributed by atoms with Gasteiger partial charge in [0.1, 0.15) is 11.6 Å². The molecule has 0 bridgehead atoms. The summed E-state index contributed by atoms with van der Waals surface area (Å²) in [5.74, 6) is -0.429. The van der Waals surface area contributed by atoms with Crippen molar-refractivity contribution in [3.8, 4) is 6.07 Å². The predicted octanol–water partition coefficient (Wildman–Crippen LogP) is 2.76. The number of hydrogen-bond acceptors (Lipinski definition) is 2. The first kappa shape index (κ1) is 12.8. The molecular formula is C11H8BrClN2O. The van der Waals surface area contributed by atoms with Gasteiger partial charge in [-0.25, -0.2) is 0 Å². The molecule has 0 aliphatic carbocycles. The van der Waals surface area contributed by atoms with E-state index in [4.69, 9.17) is 16.9 Å². The molecule has 1 aromatic carbocycles. The van der Waals surface area contributed by atoms with Crippen LogP contribution in [0.4, 0.5) is 0 Å². The number of likely N-dealkylation sites (N-methyl/N-ethyl adjacent to an activating group) is 1. The lowest BCUT2D eigenvalue weighted by Crippen LogP contribution is -2.19. The third-order valence-electron chi connectivity index (χ3n) is 1.85. The number of rotatable bonds is 2. The fourth-order valence-electron chi connectivity index (χ4n) is 1.06. The Kier molecular flexibility index (Phi) is 4.53. The Morgan fingerprint density at radius 3 is 2.81 bits per heavy atom. The molecule has 0 saturated carbocycles. The zero-order valence-electron chi connectivity index (χ0n) is 8.42. The van der Waals surface area contributed by atoms with Crippen LogP contribution in [0, 0.1) is 11.3 Å². The summed E-state index contributed by atoms with van der Waals surface area (Å²) in [7, 11) is 1.47. The van der Waals surface area contributed by atoms with Gasteiger partial charge in [-0.3, -0.25) is 4.79 Å². The van der Waals surface area contributed by atoms with Crippen molar-refractivity contribution in [1.29, 1.82) is 5.26 Å². The maximum atomic E-state index is 11.3. The van der Waals surface area contributed by atoms with Crippen LogP contribution in [0.3, 0.4) is 0 Å². The van der Waals surface area contributed by atoms with Gasteiger partial charge in [0.25, 0.3) is 5.91 Å². The maximum Gasteiger partial charge on any atom is 0.261 e. The first-order valence-corrected chi connectivity index (χ1v) is 5.54. The summed E-state index contributed by atoms with van der Waals surface area (Å²) in [5.41, 5.74) is 0.650. The number of halogens is 2. The number of benzene rings is 1. The van der Waals surface area contributed by atoms with Gasteiger partial charge in [-0.2, -0.15) is 5.26 Å². The highest BCUT2D eigenvalue weighted by Crippen LogP contribution is 2.23. The van der Waals surface area contributed by atoms with E-state index in [-0.39, 0.29) is 5.57 Å². The highest BCUT2D eigenvalue weighted by atomic mass is 79.9. The minimum absolute atomic E-state index is 0.0201. The molecule has 0 aliphatic rings. The third kappa shape index (κ3) is 3.09. The minimum atomic E-state index is -0.429. The van der Waals surface area contributed by atoms with Crippen LogP contribution in [-0.4, -0.2) is 13.0 Å². The van der Waals surface area contributed by atoms with E-state index in [1.165, 1.54) is 13.1 Å². The Balaban J connectivity index is 3.15. The van der Waals surface area contributed by atoms with Crippen molar-refractivity contribution >= 4 is 39.5 Å². The lowest BCUT2D eigenvalue weighted by Gasteiger charge is -2.00. The molecule has 5 heteroatoms. The Morgan fingerprint density at radius 2 is 2.31 bits per heavy atom. The van der Waals surface area contributed by atoms with Gasteiger partial charge in [0.05, 0.1) is 0 Å². The van der Waals surface area contributed by atoms with E-state index in [1.54, 1.807) is 18.2 Å². The van der Waals surface area contributed by atoms with Gasteiger partial charge >= 0.3 is 0 Å². The standard InChI is InChI=1S/C11H8BrClN2O/c1-15-11(16)8(6-14)4-7-2-3-9(12)5-10(7)13/h2-5H,1H3,(H,15,16). The third-order valence-corrected chi connectivity index (χ3v) is 2.68. The molecule has 0 aromatic heterocycles. The number of carbonyl (C=O) groups is 1. The fraction of sp³-hybridized carbons (Fsp3) is 0.0909. The van der Waals surface area contributed by atoms with E-state index in [1.807, 2.05) is 6.07 Å². The molecule has 0 heterocycles. The molecule has 1 aromatic rings. The Bertz CT molecular complexity index is 491. The predicted molar refractivity (Wildman–Crippen MR) is 66.8 cm³/mol. The van der Waals surface area contributed by atoms with E-state index in [0.29, 0.717) is 10.6 Å². The normalized spacial score (nSPS) is 10.8. The summed E-state index contributed by atoms with van der Waals surface area (Å²) in [4.78, 5) is 11.3. The molecule has 0 aliphatic heterocycles. The van der Waals surface area contributed by atoms with Crippen LogP contribution < -0.4 is 5.32 Å². The SMILES string of the molecule is CNC(=O)C(C#N)=Cc1ccc(Br)cc1Cl. The number of carbonyl (C=O) groups excluding carboxylic acids is 1. The van der Waals surface area contributed by atoms with Gasteiger partial charge in [0, 0.05) is 16.5 Å². The number of hydrogen-bond donors (Lipinski definition) is 1. The molecule has 1 amide bonds. The summed E-state index contributed by atoms with van der Waals surface area (Å²) in [6.45, 7) is 0. The molecule has 1 rings (SSSR count). The largest absolute Gasteiger partial charge is 0.354 e. The van der Waals surface area contributed by atoms with E-state index >= 15 is 0 Å². The van der Waals surface area contributed by atoms with E-state index < -0.39 is 5.91 Å². The van der Waals surface area contributed by atoms with Gasteiger partial charge in [0.15, 0.2) is 0 Å². The van der Waals surface area contributed by atoms with Crippen LogP contribution in [0.5, 0.6) is 0 Å². The van der Waals surface area contributed by atoms with Gasteiger partial charge in [-0.05, 0) is 23.8 Å². The van der Waals surface area contributed by atoms with Crippen molar-refractivity contribution < 1.29 is 4.79 Å². The quantitative estimate of drug-likeness (QED) is 0.674. The molecular weight excluding hydrogens is 291 g/mol. The fourth-order valence-corrected chi connectivity index (χ4v) is 1.79.